The zero-order valence-corrected chi connectivity index (χ0v) is 13.4. The van der Waals surface area contributed by atoms with Crippen LogP contribution in [0.3, 0.4) is 0 Å². The van der Waals surface area contributed by atoms with Gasteiger partial charge in [0.25, 0.3) is 10.0 Å². The molecule has 22 heavy (non-hydrogen) atoms. The van der Waals surface area contributed by atoms with Crippen molar-refractivity contribution < 1.29 is 22.7 Å². The Labute approximate surface area is 130 Å². The smallest absolute Gasteiger partial charge is 0.257 e. The molecule has 122 valence electrons. The molecule has 1 unspecified atom stereocenters. The maximum atomic E-state index is 12.2. The molecule has 1 atom stereocenters. The van der Waals surface area contributed by atoms with Crippen LogP contribution in [0, 0.1) is 5.92 Å². The minimum absolute atomic E-state index is 0.00111. The van der Waals surface area contributed by atoms with Gasteiger partial charge in [-0.1, -0.05) is 13.8 Å². The monoisotopic (exact) mass is 328 g/mol. The van der Waals surface area contributed by atoms with Crippen molar-refractivity contribution in [2.75, 3.05) is 13.2 Å². The van der Waals surface area contributed by atoms with E-state index in [9.17, 15) is 13.2 Å². The molecule has 1 heterocycles. The lowest BCUT2D eigenvalue weighted by atomic mass is 10.1. The van der Waals surface area contributed by atoms with Crippen molar-refractivity contribution in [3.63, 3.8) is 0 Å². The van der Waals surface area contributed by atoms with Crippen LogP contribution in [0.4, 0.5) is 0 Å². The molecule has 0 saturated carbocycles. The number of benzene rings is 1. The van der Waals surface area contributed by atoms with Crippen LogP contribution in [0.15, 0.2) is 23.1 Å². The fourth-order valence-electron chi connectivity index (χ4n) is 1.80. The van der Waals surface area contributed by atoms with Gasteiger partial charge >= 0.3 is 0 Å². The molecule has 8 heteroatoms. The first kappa shape index (κ1) is 16.6. The normalized spacial score (nSPS) is 15.7. The predicted molar refractivity (Wildman–Crippen MR) is 80.0 cm³/mol. The molecule has 0 aliphatic carbocycles. The molecular formula is C14H20N2O5S. The van der Waals surface area contributed by atoms with Crippen molar-refractivity contribution in [1.82, 2.24) is 10.3 Å². The molecule has 0 spiro atoms. The van der Waals surface area contributed by atoms with Crippen LogP contribution in [-0.4, -0.2) is 27.5 Å². The van der Waals surface area contributed by atoms with Crippen LogP contribution in [0.25, 0.3) is 0 Å². The molecule has 0 saturated heterocycles. The molecular weight excluding hydrogens is 308 g/mol. The highest BCUT2D eigenvalue weighted by Crippen LogP contribution is 2.31. The maximum Gasteiger partial charge on any atom is 0.257 e. The van der Waals surface area contributed by atoms with Crippen molar-refractivity contribution in [2.24, 2.45) is 5.92 Å². The van der Waals surface area contributed by atoms with E-state index in [1.807, 2.05) is 6.92 Å². The van der Waals surface area contributed by atoms with Gasteiger partial charge in [0.15, 0.2) is 11.5 Å². The Kier molecular flexibility index (Phi) is 5.25. The standard InChI is InChI=1S/C14H20N2O5S/c1-3-10(2)14(17)15-16-22(18,19)11-5-6-12-13(9-11)21-8-4-7-20-12/h5-6,9-10,16H,3-4,7-8H2,1-2H3,(H,15,17). The van der Waals surface area contributed by atoms with E-state index in [-0.39, 0.29) is 16.7 Å². The first-order chi connectivity index (χ1) is 10.4. The average molecular weight is 328 g/mol. The van der Waals surface area contributed by atoms with E-state index < -0.39 is 10.0 Å². The van der Waals surface area contributed by atoms with Gasteiger partial charge in [-0.25, -0.2) is 8.42 Å². The summed E-state index contributed by atoms with van der Waals surface area (Å²) < 4.78 is 35.3. The van der Waals surface area contributed by atoms with Crippen LogP contribution in [0.5, 0.6) is 11.5 Å². The summed E-state index contributed by atoms with van der Waals surface area (Å²) in [5, 5.41) is 0. The van der Waals surface area contributed by atoms with Gasteiger partial charge in [0, 0.05) is 18.4 Å². The lowest BCUT2D eigenvalue weighted by Gasteiger charge is -2.13. The van der Waals surface area contributed by atoms with E-state index >= 15 is 0 Å². The van der Waals surface area contributed by atoms with E-state index in [1.165, 1.54) is 12.1 Å². The quantitative estimate of drug-likeness (QED) is 0.792. The largest absolute Gasteiger partial charge is 0.490 e. The molecule has 2 rings (SSSR count). The van der Waals surface area contributed by atoms with Crippen LogP contribution < -0.4 is 19.7 Å². The third-order valence-electron chi connectivity index (χ3n) is 3.40. The Hall–Kier alpha value is -1.80. The average Bonchev–Trinajstić information content (AvgIpc) is 2.76. The molecule has 1 aromatic carbocycles. The lowest BCUT2D eigenvalue weighted by Crippen LogP contribution is -2.43. The molecule has 1 aliphatic heterocycles. The second kappa shape index (κ2) is 6.97. The Balaban J connectivity index is 2.12. The molecule has 2 N–H and O–H groups in total. The number of carbonyl (C=O) groups is 1. The number of carbonyl (C=O) groups excluding carboxylic acids is 1. The number of nitrogens with one attached hydrogen (secondary N) is 2. The van der Waals surface area contributed by atoms with Crippen molar-refractivity contribution in [3.8, 4) is 11.5 Å². The minimum atomic E-state index is -3.86. The van der Waals surface area contributed by atoms with Crippen LogP contribution >= 0.6 is 0 Å². The zero-order chi connectivity index (χ0) is 16.2. The predicted octanol–water partition coefficient (Wildman–Crippen LogP) is 1.20. The van der Waals surface area contributed by atoms with Crippen LogP contribution in [0.1, 0.15) is 26.7 Å². The van der Waals surface area contributed by atoms with Crippen molar-refractivity contribution in [3.05, 3.63) is 18.2 Å². The van der Waals surface area contributed by atoms with Gasteiger partial charge in [-0.15, -0.1) is 4.83 Å². The number of sulfonamides is 1. The molecule has 1 amide bonds. The van der Waals surface area contributed by atoms with E-state index in [4.69, 9.17) is 9.47 Å². The van der Waals surface area contributed by atoms with E-state index in [0.29, 0.717) is 31.1 Å². The summed E-state index contributed by atoms with van der Waals surface area (Å²) in [5.41, 5.74) is 2.22. The van der Waals surface area contributed by atoms with Gasteiger partial charge in [0.1, 0.15) is 0 Å². The van der Waals surface area contributed by atoms with Crippen LogP contribution in [-0.2, 0) is 14.8 Å². The Morgan fingerprint density at radius 1 is 1.27 bits per heavy atom. The first-order valence-corrected chi connectivity index (χ1v) is 8.63. The van der Waals surface area contributed by atoms with E-state index in [0.717, 1.165) is 6.42 Å². The number of hydrogen-bond acceptors (Lipinski definition) is 5. The molecule has 0 radical (unpaired) electrons. The second-order valence-electron chi connectivity index (χ2n) is 5.06. The van der Waals surface area contributed by atoms with Gasteiger partial charge in [-0.05, 0) is 18.6 Å². The summed E-state index contributed by atoms with van der Waals surface area (Å²) in [6, 6.07) is 4.34. The molecule has 7 nitrogen and oxygen atoms in total. The lowest BCUT2D eigenvalue weighted by molar-refractivity contribution is -0.125. The highest BCUT2D eigenvalue weighted by molar-refractivity contribution is 7.89. The number of fused-ring (bicyclic) bond motifs is 1. The first-order valence-electron chi connectivity index (χ1n) is 7.15. The van der Waals surface area contributed by atoms with E-state index in [1.54, 1.807) is 13.0 Å². The SMILES string of the molecule is CCC(C)C(=O)NNS(=O)(=O)c1ccc2c(c1)OCCCO2. The number of hydrogen-bond donors (Lipinski definition) is 2. The van der Waals surface area contributed by atoms with Crippen LogP contribution in [0.2, 0.25) is 0 Å². The number of rotatable bonds is 5. The third kappa shape index (κ3) is 3.89. The summed E-state index contributed by atoms with van der Waals surface area (Å²) in [7, 11) is -3.86. The van der Waals surface area contributed by atoms with Gasteiger partial charge in [0.2, 0.25) is 5.91 Å². The number of amides is 1. The third-order valence-corrected chi connectivity index (χ3v) is 4.64. The van der Waals surface area contributed by atoms with Crippen molar-refractivity contribution >= 4 is 15.9 Å². The number of hydrazine groups is 1. The fourth-order valence-corrected chi connectivity index (χ4v) is 2.66. The highest BCUT2D eigenvalue weighted by atomic mass is 32.2. The maximum absolute atomic E-state index is 12.2. The summed E-state index contributed by atoms with van der Waals surface area (Å²) in [5.74, 6) is 0.251. The second-order valence-corrected chi connectivity index (χ2v) is 6.75. The van der Waals surface area contributed by atoms with E-state index in [2.05, 4.69) is 10.3 Å². The summed E-state index contributed by atoms with van der Waals surface area (Å²) in [4.78, 5) is 13.7. The molecule has 0 aromatic heterocycles. The molecule has 1 aliphatic rings. The molecule has 1 aromatic rings. The minimum Gasteiger partial charge on any atom is -0.490 e. The summed E-state index contributed by atoms with van der Waals surface area (Å²) >= 11 is 0. The Morgan fingerprint density at radius 2 is 1.95 bits per heavy atom. The van der Waals surface area contributed by atoms with Gasteiger partial charge < -0.3 is 9.47 Å². The van der Waals surface area contributed by atoms with Crippen molar-refractivity contribution in [1.29, 1.82) is 0 Å². The molecule has 0 fully saturated rings. The topological polar surface area (TPSA) is 93.7 Å². The van der Waals surface area contributed by atoms with Gasteiger partial charge in [0.05, 0.1) is 18.1 Å². The summed E-state index contributed by atoms with van der Waals surface area (Å²) in [6.45, 7) is 4.57. The fraction of sp³-hybridized carbons (Fsp3) is 0.500. The highest BCUT2D eigenvalue weighted by Gasteiger charge is 2.20. The Morgan fingerprint density at radius 3 is 2.64 bits per heavy atom. The molecule has 0 bridgehead atoms. The van der Waals surface area contributed by atoms with Gasteiger partial charge in [-0.2, -0.15) is 0 Å². The van der Waals surface area contributed by atoms with Crippen molar-refractivity contribution in [2.45, 2.75) is 31.6 Å². The van der Waals surface area contributed by atoms with Gasteiger partial charge in [-0.3, -0.25) is 10.2 Å². The number of ether oxygens (including phenoxy) is 2. The summed E-state index contributed by atoms with van der Waals surface area (Å²) in [6.07, 6.45) is 1.36. The zero-order valence-electron chi connectivity index (χ0n) is 12.6. The Bertz CT molecular complexity index is 645.